The standard InChI is InChI=1S/C21H27NO6/c1-14-12-18(23)20(21(25)22(14)10-5-11-26-2)17(13-19(24)28-4)15-6-8-16(27-3)9-7-15/h6-9,12,17,23H,5,10-11,13H2,1-4H3. The van der Waals surface area contributed by atoms with Gasteiger partial charge in [-0.15, -0.1) is 0 Å². The number of rotatable bonds is 9. The van der Waals surface area contributed by atoms with Gasteiger partial charge in [-0.25, -0.2) is 0 Å². The van der Waals surface area contributed by atoms with Gasteiger partial charge in [0.2, 0.25) is 0 Å². The summed E-state index contributed by atoms with van der Waals surface area (Å²) >= 11 is 0. The number of nitrogens with zero attached hydrogens (tertiary/aromatic N) is 1. The molecule has 0 aliphatic heterocycles. The molecule has 7 nitrogen and oxygen atoms in total. The van der Waals surface area contributed by atoms with Crippen molar-refractivity contribution in [3.05, 3.63) is 57.5 Å². The summed E-state index contributed by atoms with van der Waals surface area (Å²) in [5.74, 6) is -0.577. The predicted octanol–water partition coefficient (Wildman–Crippen LogP) is 2.60. The number of pyridine rings is 1. The Balaban J connectivity index is 2.56. The molecule has 2 aromatic rings. The molecule has 0 bridgehead atoms. The highest BCUT2D eigenvalue weighted by Gasteiger charge is 2.26. The van der Waals surface area contributed by atoms with Crippen LogP contribution in [0.1, 0.15) is 35.6 Å². The van der Waals surface area contributed by atoms with Gasteiger partial charge in [0.15, 0.2) is 0 Å². The molecule has 1 atom stereocenters. The van der Waals surface area contributed by atoms with E-state index in [1.54, 1.807) is 56.0 Å². The van der Waals surface area contributed by atoms with Gasteiger partial charge in [-0.2, -0.15) is 0 Å². The van der Waals surface area contributed by atoms with Gasteiger partial charge in [-0.05, 0) is 37.1 Å². The van der Waals surface area contributed by atoms with Gasteiger partial charge in [0.05, 0.1) is 26.2 Å². The van der Waals surface area contributed by atoms with Crippen LogP contribution >= 0.6 is 0 Å². The van der Waals surface area contributed by atoms with Gasteiger partial charge in [0.1, 0.15) is 11.5 Å². The molecule has 1 aromatic heterocycles. The first-order valence-electron chi connectivity index (χ1n) is 9.05. The number of aromatic hydroxyl groups is 1. The molecule has 0 fully saturated rings. The molecule has 2 rings (SSSR count). The molecule has 0 saturated carbocycles. The Kier molecular flexibility index (Phi) is 7.63. The van der Waals surface area contributed by atoms with E-state index in [4.69, 9.17) is 14.2 Å². The van der Waals surface area contributed by atoms with Crippen LogP contribution in [0.15, 0.2) is 35.1 Å². The molecule has 1 aromatic carbocycles. The number of aromatic nitrogens is 1. The number of hydrogen-bond donors (Lipinski definition) is 1. The number of aryl methyl sites for hydroxylation is 1. The largest absolute Gasteiger partial charge is 0.507 e. The van der Waals surface area contributed by atoms with E-state index in [0.29, 0.717) is 36.6 Å². The van der Waals surface area contributed by atoms with Crippen LogP contribution in [0.3, 0.4) is 0 Å². The first-order valence-corrected chi connectivity index (χ1v) is 9.05. The smallest absolute Gasteiger partial charge is 0.306 e. The molecule has 1 heterocycles. The van der Waals surface area contributed by atoms with E-state index in [1.165, 1.54) is 7.11 Å². The third-order valence-corrected chi connectivity index (χ3v) is 4.72. The zero-order chi connectivity index (χ0) is 20.7. The molecule has 0 spiro atoms. The van der Waals surface area contributed by atoms with E-state index in [2.05, 4.69) is 0 Å². The first-order chi connectivity index (χ1) is 13.4. The maximum atomic E-state index is 13.2. The number of hydrogen-bond acceptors (Lipinski definition) is 6. The number of ether oxygens (including phenoxy) is 3. The summed E-state index contributed by atoms with van der Waals surface area (Å²) in [7, 11) is 4.46. The van der Waals surface area contributed by atoms with Crippen LogP contribution in [0, 0.1) is 6.92 Å². The lowest BCUT2D eigenvalue weighted by Gasteiger charge is -2.20. The van der Waals surface area contributed by atoms with Crippen molar-refractivity contribution in [1.82, 2.24) is 4.57 Å². The summed E-state index contributed by atoms with van der Waals surface area (Å²) in [6.07, 6.45) is 0.596. The molecule has 152 valence electrons. The van der Waals surface area contributed by atoms with E-state index >= 15 is 0 Å². The molecule has 0 aliphatic carbocycles. The number of benzene rings is 1. The van der Waals surface area contributed by atoms with Crippen LogP contribution in [-0.4, -0.2) is 43.6 Å². The minimum absolute atomic E-state index is 0.0627. The van der Waals surface area contributed by atoms with Crippen LogP contribution in [0.5, 0.6) is 11.5 Å². The molecule has 0 radical (unpaired) electrons. The topological polar surface area (TPSA) is 87.0 Å². The molecular weight excluding hydrogens is 362 g/mol. The van der Waals surface area contributed by atoms with Crippen molar-refractivity contribution in [2.24, 2.45) is 0 Å². The normalized spacial score (nSPS) is 11.9. The van der Waals surface area contributed by atoms with Crippen molar-refractivity contribution in [2.75, 3.05) is 27.9 Å². The van der Waals surface area contributed by atoms with Crippen LogP contribution in [0.4, 0.5) is 0 Å². The van der Waals surface area contributed by atoms with E-state index < -0.39 is 11.9 Å². The number of esters is 1. The maximum absolute atomic E-state index is 13.2. The highest BCUT2D eigenvalue weighted by Crippen LogP contribution is 2.33. The minimum Gasteiger partial charge on any atom is -0.507 e. The Hall–Kier alpha value is -2.80. The van der Waals surface area contributed by atoms with Gasteiger partial charge in [0, 0.05) is 31.9 Å². The fourth-order valence-electron chi connectivity index (χ4n) is 3.21. The van der Waals surface area contributed by atoms with Crippen molar-refractivity contribution in [3.8, 4) is 11.5 Å². The minimum atomic E-state index is -0.639. The van der Waals surface area contributed by atoms with Gasteiger partial charge in [-0.1, -0.05) is 12.1 Å². The average molecular weight is 389 g/mol. The van der Waals surface area contributed by atoms with Gasteiger partial charge in [-0.3, -0.25) is 9.59 Å². The Bertz CT molecular complexity index is 856. The Morgan fingerprint density at radius 3 is 2.43 bits per heavy atom. The lowest BCUT2D eigenvalue weighted by molar-refractivity contribution is -0.140. The van der Waals surface area contributed by atoms with Gasteiger partial charge in [0.25, 0.3) is 5.56 Å². The van der Waals surface area contributed by atoms with E-state index in [1.807, 2.05) is 0 Å². The third kappa shape index (κ3) is 4.92. The predicted molar refractivity (Wildman–Crippen MR) is 105 cm³/mol. The number of methoxy groups -OCH3 is 3. The Labute approximate surface area is 164 Å². The van der Waals surface area contributed by atoms with Crippen molar-refractivity contribution >= 4 is 5.97 Å². The second kappa shape index (κ2) is 9.94. The molecule has 1 N–H and O–H groups in total. The van der Waals surface area contributed by atoms with Crippen molar-refractivity contribution in [2.45, 2.75) is 32.2 Å². The Morgan fingerprint density at radius 2 is 1.86 bits per heavy atom. The van der Waals surface area contributed by atoms with E-state index in [9.17, 15) is 14.7 Å². The molecule has 7 heteroatoms. The van der Waals surface area contributed by atoms with Crippen LogP contribution in [0.2, 0.25) is 0 Å². The molecule has 0 aliphatic rings. The lowest BCUT2D eigenvalue weighted by Crippen LogP contribution is -2.29. The second-order valence-electron chi connectivity index (χ2n) is 6.49. The number of carbonyl (C=O) groups excluding carboxylic acids is 1. The zero-order valence-corrected chi connectivity index (χ0v) is 16.7. The van der Waals surface area contributed by atoms with Crippen molar-refractivity contribution < 1.29 is 24.1 Å². The highest BCUT2D eigenvalue weighted by atomic mass is 16.5. The highest BCUT2D eigenvalue weighted by molar-refractivity contribution is 5.71. The van der Waals surface area contributed by atoms with Gasteiger partial charge < -0.3 is 23.9 Å². The monoisotopic (exact) mass is 389 g/mol. The third-order valence-electron chi connectivity index (χ3n) is 4.72. The summed E-state index contributed by atoms with van der Waals surface area (Å²) in [6, 6.07) is 8.61. The lowest BCUT2D eigenvalue weighted by atomic mass is 9.88. The molecule has 1 unspecified atom stereocenters. The average Bonchev–Trinajstić information content (AvgIpc) is 2.69. The van der Waals surface area contributed by atoms with Crippen LogP contribution < -0.4 is 10.3 Å². The quantitative estimate of drug-likeness (QED) is 0.524. The number of carbonyl (C=O) groups is 1. The first kappa shape index (κ1) is 21.5. The van der Waals surface area contributed by atoms with Crippen LogP contribution in [0.25, 0.3) is 0 Å². The fraction of sp³-hybridized carbons (Fsp3) is 0.429. The maximum Gasteiger partial charge on any atom is 0.306 e. The fourth-order valence-corrected chi connectivity index (χ4v) is 3.21. The summed E-state index contributed by atoms with van der Waals surface area (Å²) in [5.41, 5.74) is 1.22. The van der Waals surface area contributed by atoms with Crippen LogP contribution in [-0.2, 0) is 20.8 Å². The van der Waals surface area contributed by atoms with E-state index in [0.717, 1.165) is 0 Å². The van der Waals surface area contributed by atoms with Crippen molar-refractivity contribution in [3.63, 3.8) is 0 Å². The second-order valence-corrected chi connectivity index (χ2v) is 6.49. The Morgan fingerprint density at radius 1 is 1.18 bits per heavy atom. The summed E-state index contributed by atoms with van der Waals surface area (Å²) < 4.78 is 16.7. The molecule has 0 amide bonds. The van der Waals surface area contributed by atoms with Gasteiger partial charge >= 0.3 is 5.97 Å². The molecule has 28 heavy (non-hydrogen) atoms. The summed E-state index contributed by atoms with van der Waals surface area (Å²) in [5, 5.41) is 10.6. The SMILES string of the molecule is COCCCn1c(C)cc(O)c(C(CC(=O)OC)c2ccc(OC)cc2)c1=O. The molecular formula is C21H27NO6. The van der Waals surface area contributed by atoms with Crippen molar-refractivity contribution in [1.29, 1.82) is 0 Å². The summed E-state index contributed by atoms with van der Waals surface area (Å²) in [4.78, 5) is 25.2. The summed E-state index contributed by atoms with van der Waals surface area (Å²) in [6.45, 7) is 2.74. The zero-order valence-electron chi connectivity index (χ0n) is 16.7. The molecule has 0 saturated heterocycles. The van der Waals surface area contributed by atoms with E-state index in [-0.39, 0.29) is 23.3 Å².